The lowest BCUT2D eigenvalue weighted by Crippen LogP contribution is -2.02. The Balaban J connectivity index is 1.93. The molecule has 0 bridgehead atoms. The van der Waals surface area contributed by atoms with Gasteiger partial charge in [0.1, 0.15) is 0 Å². The molecule has 1 N–H and O–H groups in total. The molecule has 0 radical (unpaired) electrons. The molecule has 0 amide bonds. The minimum atomic E-state index is 1.13. The molecule has 0 unspecified atom stereocenters. The fraction of sp³-hybridized carbons (Fsp3) is 0.100. The normalized spacial score (nSPS) is 13.3. The minimum Gasteiger partial charge on any atom is -0.354 e. The van der Waals surface area contributed by atoms with E-state index < -0.39 is 0 Å². The highest BCUT2D eigenvalue weighted by Gasteiger charge is 2.20. The molecule has 0 fully saturated rings. The molecule has 1 heteroatoms. The first-order chi connectivity index (χ1) is 10.4. The summed E-state index contributed by atoms with van der Waals surface area (Å²) >= 11 is 0. The highest BCUT2D eigenvalue weighted by atomic mass is 14.7. The molecule has 5 rings (SSSR count). The molecule has 0 aliphatic heterocycles. The Bertz CT molecular complexity index is 991. The molecule has 21 heavy (non-hydrogen) atoms. The summed E-state index contributed by atoms with van der Waals surface area (Å²) < 4.78 is 0. The van der Waals surface area contributed by atoms with Crippen LogP contribution < -0.4 is 0 Å². The summed E-state index contributed by atoms with van der Waals surface area (Å²) in [4.78, 5) is 3.72. The zero-order chi connectivity index (χ0) is 13.8. The van der Waals surface area contributed by atoms with Crippen molar-refractivity contribution in [2.45, 2.75) is 12.8 Å². The maximum absolute atomic E-state index is 3.72. The van der Waals surface area contributed by atoms with Crippen molar-refractivity contribution in [3.63, 3.8) is 0 Å². The van der Waals surface area contributed by atoms with Crippen LogP contribution in [0.3, 0.4) is 0 Å². The van der Waals surface area contributed by atoms with E-state index in [-0.39, 0.29) is 0 Å². The second-order valence-electron chi connectivity index (χ2n) is 5.84. The molecular weight excluding hydrogens is 254 g/mol. The SMILES string of the molecule is c1ccc2c(c1)CCc1c-2[nH]c2c1ccc1ccccc12. The Labute approximate surface area is 123 Å². The predicted octanol–water partition coefficient (Wildman–Crippen LogP) is 5.09. The van der Waals surface area contributed by atoms with Gasteiger partial charge in [0.05, 0.1) is 5.52 Å². The number of aromatic amines is 1. The van der Waals surface area contributed by atoms with Crippen LogP contribution in [0.4, 0.5) is 0 Å². The molecule has 0 saturated carbocycles. The van der Waals surface area contributed by atoms with E-state index in [1.807, 2.05) is 0 Å². The topological polar surface area (TPSA) is 15.8 Å². The van der Waals surface area contributed by atoms with Crippen molar-refractivity contribution < 1.29 is 0 Å². The third kappa shape index (κ3) is 1.46. The van der Waals surface area contributed by atoms with Gasteiger partial charge < -0.3 is 4.98 Å². The van der Waals surface area contributed by atoms with E-state index in [0.29, 0.717) is 0 Å². The molecule has 0 spiro atoms. The van der Waals surface area contributed by atoms with Gasteiger partial charge in [0.25, 0.3) is 0 Å². The molecular formula is C20H15N. The maximum atomic E-state index is 3.72. The standard InChI is InChI=1S/C20H15N/c1-3-7-15-13(5-1)9-11-17-18-12-10-14-6-2-4-8-16(14)20(18)21-19(15)17/h1-9,11,21H,10,12H2. The van der Waals surface area contributed by atoms with Gasteiger partial charge in [-0.15, -0.1) is 0 Å². The Morgan fingerprint density at radius 2 is 1.57 bits per heavy atom. The van der Waals surface area contributed by atoms with Crippen LogP contribution in [0.1, 0.15) is 11.1 Å². The van der Waals surface area contributed by atoms with Crippen molar-refractivity contribution in [3.05, 3.63) is 71.8 Å². The second kappa shape index (κ2) is 3.98. The molecule has 1 heterocycles. The fourth-order valence-corrected chi connectivity index (χ4v) is 3.72. The molecule has 0 saturated heterocycles. The Kier molecular flexibility index (Phi) is 2.12. The third-order valence-corrected chi connectivity index (χ3v) is 4.74. The Morgan fingerprint density at radius 3 is 2.57 bits per heavy atom. The number of aromatic nitrogens is 1. The molecule has 4 aromatic rings. The van der Waals surface area contributed by atoms with Crippen LogP contribution in [0.25, 0.3) is 32.9 Å². The monoisotopic (exact) mass is 269 g/mol. The first-order valence-electron chi connectivity index (χ1n) is 7.52. The van der Waals surface area contributed by atoms with Crippen molar-refractivity contribution in [1.29, 1.82) is 0 Å². The second-order valence-corrected chi connectivity index (χ2v) is 5.84. The lowest BCUT2D eigenvalue weighted by molar-refractivity contribution is 0.948. The number of hydrogen-bond donors (Lipinski definition) is 1. The van der Waals surface area contributed by atoms with E-state index >= 15 is 0 Å². The van der Waals surface area contributed by atoms with E-state index in [9.17, 15) is 0 Å². The molecule has 1 aliphatic rings. The summed E-state index contributed by atoms with van der Waals surface area (Å²) in [5.74, 6) is 0. The molecule has 1 aromatic heterocycles. The van der Waals surface area contributed by atoms with Gasteiger partial charge in [0.2, 0.25) is 0 Å². The van der Waals surface area contributed by atoms with Gasteiger partial charge in [0, 0.05) is 22.0 Å². The third-order valence-electron chi connectivity index (χ3n) is 4.74. The number of rotatable bonds is 0. The van der Waals surface area contributed by atoms with Crippen LogP contribution >= 0.6 is 0 Å². The van der Waals surface area contributed by atoms with Gasteiger partial charge in [0.15, 0.2) is 0 Å². The number of benzene rings is 3. The fourth-order valence-electron chi connectivity index (χ4n) is 3.72. The highest BCUT2D eigenvalue weighted by Crippen LogP contribution is 2.39. The van der Waals surface area contributed by atoms with Crippen molar-refractivity contribution in [2.24, 2.45) is 0 Å². The van der Waals surface area contributed by atoms with Gasteiger partial charge in [-0.05, 0) is 29.4 Å². The van der Waals surface area contributed by atoms with Crippen LogP contribution in [0.5, 0.6) is 0 Å². The van der Waals surface area contributed by atoms with Gasteiger partial charge in [-0.2, -0.15) is 0 Å². The lowest BCUT2D eigenvalue weighted by Gasteiger charge is -2.16. The largest absolute Gasteiger partial charge is 0.354 e. The highest BCUT2D eigenvalue weighted by molar-refractivity contribution is 6.09. The van der Waals surface area contributed by atoms with E-state index in [4.69, 9.17) is 0 Å². The van der Waals surface area contributed by atoms with Gasteiger partial charge >= 0.3 is 0 Å². The number of nitrogens with one attached hydrogen (secondary N) is 1. The smallest absolute Gasteiger partial charge is 0.0541 e. The zero-order valence-corrected chi connectivity index (χ0v) is 11.7. The van der Waals surface area contributed by atoms with Crippen LogP contribution in [-0.4, -0.2) is 4.98 Å². The first-order valence-corrected chi connectivity index (χ1v) is 7.52. The predicted molar refractivity (Wildman–Crippen MR) is 88.6 cm³/mol. The first kappa shape index (κ1) is 11.2. The number of hydrogen-bond acceptors (Lipinski definition) is 0. The van der Waals surface area contributed by atoms with Crippen LogP contribution in [0.2, 0.25) is 0 Å². The molecule has 100 valence electrons. The Morgan fingerprint density at radius 1 is 0.714 bits per heavy atom. The van der Waals surface area contributed by atoms with Crippen LogP contribution in [0.15, 0.2) is 60.7 Å². The summed E-state index contributed by atoms with van der Waals surface area (Å²) in [7, 11) is 0. The average molecular weight is 269 g/mol. The summed E-state index contributed by atoms with van der Waals surface area (Å²) in [5, 5.41) is 4.01. The van der Waals surface area contributed by atoms with E-state index in [0.717, 1.165) is 12.8 Å². The maximum Gasteiger partial charge on any atom is 0.0541 e. The van der Waals surface area contributed by atoms with Crippen molar-refractivity contribution in [1.82, 2.24) is 4.98 Å². The number of fused-ring (bicyclic) bond motifs is 7. The summed E-state index contributed by atoms with van der Waals surface area (Å²) in [6, 6.07) is 21.9. The van der Waals surface area contributed by atoms with Crippen molar-refractivity contribution in [3.8, 4) is 11.3 Å². The van der Waals surface area contributed by atoms with Crippen LogP contribution in [0, 0.1) is 0 Å². The minimum absolute atomic E-state index is 1.13. The number of H-pyrrole nitrogens is 1. The molecule has 0 atom stereocenters. The summed E-state index contributed by atoms with van der Waals surface area (Å²) in [6.07, 6.45) is 2.27. The molecule has 3 aromatic carbocycles. The molecule has 1 aliphatic carbocycles. The van der Waals surface area contributed by atoms with Crippen LogP contribution in [-0.2, 0) is 12.8 Å². The molecule has 1 nitrogen and oxygen atoms in total. The number of aryl methyl sites for hydroxylation is 2. The van der Waals surface area contributed by atoms with Crippen molar-refractivity contribution in [2.75, 3.05) is 0 Å². The summed E-state index contributed by atoms with van der Waals surface area (Å²) in [6.45, 7) is 0. The van der Waals surface area contributed by atoms with Crippen molar-refractivity contribution >= 4 is 21.7 Å². The lowest BCUT2D eigenvalue weighted by atomic mass is 9.89. The van der Waals surface area contributed by atoms with E-state index in [1.54, 1.807) is 0 Å². The van der Waals surface area contributed by atoms with Gasteiger partial charge in [-0.3, -0.25) is 0 Å². The quantitative estimate of drug-likeness (QED) is 0.458. The average Bonchev–Trinajstić information content (AvgIpc) is 2.94. The summed E-state index contributed by atoms with van der Waals surface area (Å²) in [5.41, 5.74) is 6.92. The van der Waals surface area contributed by atoms with Gasteiger partial charge in [-0.1, -0.05) is 60.7 Å². The Hall–Kier alpha value is -2.54. The van der Waals surface area contributed by atoms with Gasteiger partial charge in [-0.25, -0.2) is 0 Å². The van der Waals surface area contributed by atoms with E-state index in [2.05, 4.69) is 65.6 Å². The zero-order valence-electron chi connectivity index (χ0n) is 11.7. The van der Waals surface area contributed by atoms with E-state index in [1.165, 1.54) is 44.1 Å².